The molecule has 1 aliphatic carbocycles. The van der Waals surface area contributed by atoms with Crippen molar-refractivity contribution < 1.29 is 9.18 Å². The fraction of sp³-hybridized carbons (Fsp3) is 0.364. The van der Waals surface area contributed by atoms with Crippen molar-refractivity contribution in [1.82, 2.24) is 0 Å². The summed E-state index contributed by atoms with van der Waals surface area (Å²) in [6.45, 7) is 0. The molecule has 1 aliphatic rings. The van der Waals surface area contributed by atoms with E-state index in [1.807, 2.05) is 0 Å². The minimum atomic E-state index is -0.618. The van der Waals surface area contributed by atoms with Crippen LogP contribution in [-0.2, 0) is 4.79 Å². The van der Waals surface area contributed by atoms with Gasteiger partial charge in [0, 0.05) is 12.3 Å². The van der Waals surface area contributed by atoms with Gasteiger partial charge < -0.3 is 0 Å². The number of Topliss-reactive ketones (excluding diaryl/α,β-unsaturated/α-hetero) is 1. The van der Waals surface area contributed by atoms with Gasteiger partial charge in [0.2, 0.25) is 0 Å². The monoisotopic (exact) mass is 246 g/mol. The van der Waals surface area contributed by atoms with Crippen LogP contribution in [0.4, 0.5) is 4.39 Å². The summed E-state index contributed by atoms with van der Waals surface area (Å²) in [6.07, 6.45) is 2.28. The summed E-state index contributed by atoms with van der Waals surface area (Å²) in [5.41, 5.74) is 0.730. The minimum absolute atomic E-state index is 0.0165. The van der Waals surface area contributed by atoms with Crippen molar-refractivity contribution in [2.24, 2.45) is 0 Å². The fourth-order valence-corrected chi connectivity index (χ4v) is 2.45. The Morgan fingerprint density at radius 2 is 1.87 bits per heavy atom. The van der Waals surface area contributed by atoms with Crippen molar-refractivity contribution >= 4 is 29.0 Å². The molecule has 0 spiro atoms. The normalized spacial score (nSPS) is 21.0. The van der Waals surface area contributed by atoms with Crippen LogP contribution in [0.15, 0.2) is 12.1 Å². The molecule has 0 aliphatic heterocycles. The second kappa shape index (κ2) is 4.11. The standard InChI is InChI=1S/C11H9Cl2FO/c12-8-4-6(5-9(13)11(8)14)7-2-1-3-10(7)15/h4-5,7H,1-3H2. The molecule has 0 saturated heterocycles. The molecule has 1 atom stereocenters. The molecule has 15 heavy (non-hydrogen) atoms. The molecule has 0 N–H and O–H groups in total. The third-order valence-electron chi connectivity index (χ3n) is 2.71. The molecule has 1 fully saturated rings. The van der Waals surface area contributed by atoms with Gasteiger partial charge in [0.05, 0.1) is 10.0 Å². The SMILES string of the molecule is O=C1CCCC1c1cc(Cl)c(F)c(Cl)c1. The van der Waals surface area contributed by atoms with Gasteiger partial charge >= 0.3 is 0 Å². The second-order valence-electron chi connectivity index (χ2n) is 3.71. The Balaban J connectivity index is 2.41. The number of hydrogen-bond donors (Lipinski definition) is 0. The fourth-order valence-electron chi connectivity index (χ4n) is 1.94. The summed E-state index contributed by atoms with van der Waals surface area (Å²) in [7, 11) is 0. The molecular formula is C11H9Cl2FO. The topological polar surface area (TPSA) is 17.1 Å². The summed E-state index contributed by atoms with van der Waals surface area (Å²) < 4.78 is 13.1. The lowest BCUT2D eigenvalue weighted by atomic mass is 9.97. The second-order valence-corrected chi connectivity index (χ2v) is 4.52. The van der Waals surface area contributed by atoms with Gasteiger partial charge in [-0.05, 0) is 30.5 Å². The molecule has 0 amide bonds. The van der Waals surface area contributed by atoms with E-state index in [1.54, 1.807) is 0 Å². The van der Waals surface area contributed by atoms with Gasteiger partial charge in [-0.1, -0.05) is 23.2 Å². The highest BCUT2D eigenvalue weighted by Gasteiger charge is 2.27. The first-order valence-corrected chi connectivity index (χ1v) is 5.52. The Labute approximate surface area is 97.2 Å². The highest BCUT2D eigenvalue weighted by Crippen LogP contribution is 2.35. The zero-order valence-corrected chi connectivity index (χ0v) is 9.41. The Morgan fingerprint density at radius 1 is 1.27 bits per heavy atom. The maximum atomic E-state index is 13.1. The molecular weight excluding hydrogens is 238 g/mol. The van der Waals surface area contributed by atoms with Crippen LogP contribution in [0.3, 0.4) is 0 Å². The van der Waals surface area contributed by atoms with Gasteiger partial charge in [-0.3, -0.25) is 4.79 Å². The van der Waals surface area contributed by atoms with Crippen LogP contribution < -0.4 is 0 Å². The Kier molecular flexibility index (Phi) is 2.98. The number of rotatable bonds is 1. The molecule has 0 radical (unpaired) electrons. The average Bonchev–Trinajstić information content (AvgIpc) is 2.60. The molecule has 1 saturated carbocycles. The molecule has 2 rings (SSSR count). The van der Waals surface area contributed by atoms with Gasteiger partial charge in [0.1, 0.15) is 5.78 Å². The predicted octanol–water partition coefficient (Wildman–Crippen LogP) is 3.97. The van der Waals surface area contributed by atoms with Crippen LogP contribution in [0.2, 0.25) is 10.0 Å². The molecule has 1 unspecified atom stereocenters. The number of carbonyl (C=O) groups excluding carboxylic acids is 1. The molecule has 4 heteroatoms. The zero-order chi connectivity index (χ0) is 11.0. The third-order valence-corrected chi connectivity index (χ3v) is 3.26. The highest BCUT2D eigenvalue weighted by molar-refractivity contribution is 6.35. The van der Waals surface area contributed by atoms with Crippen LogP contribution in [0.5, 0.6) is 0 Å². The van der Waals surface area contributed by atoms with E-state index >= 15 is 0 Å². The Hall–Kier alpha value is -0.600. The summed E-state index contributed by atoms with van der Waals surface area (Å²) in [5.74, 6) is -0.582. The van der Waals surface area contributed by atoms with E-state index < -0.39 is 5.82 Å². The molecule has 0 bridgehead atoms. The number of halogens is 3. The van der Waals surface area contributed by atoms with Gasteiger partial charge in [-0.25, -0.2) is 4.39 Å². The maximum Gasteiger partial charge on any atom is 0.160 e. The first-order chi connectivity index (χ1) is 7.09. The quantitative estimate of drug-likeness (QED) is 0.686. The van der Waals surface area contributed by atoms with Crippen molar-refractivity contribution in [2.45, 2.75) is 25.2 Å². The predicted molar refractivity (Wildman–Crippen MR) is 58.0 cm³/mol. The van der Waals surface area contributed by atoms with Gasteiger partial charge in [-0.15, -0.1) is 0 Å². The lowest BCUT2D eigenvalue weighted by Gasteiger charge is -2.09. The van der Waals surface area contributed by atoms with E-state index in [-0.39, 0.29) is 21.7 Å². The van der Waals surface area contributed by atoms with Crippen LogP contribution in [-0.4, -0.2) is 5.78 Å². The van der Waals surface area contributed by atoms with Crippen LogP contribution in [0.25, 0.3) is 0 Å². The Morgan fingerprint density at radius 3 is 2.33 bits per heavy atom. The van der Waals surface area contributed by atoms with E-state index in [1.165, 1.54) is 12.1 Å². The zero-order valence-electron chi connectivity index (χ0n) is 7.90. The van der Waals surface area contributed by atoms with E-state index in [0.29, 0.717) is 6.42 Å². The molecule has 80 valence electrons. The molecule has 1 aromatic rings. The van der Waals surface area contributed by atoms with E-state index in [4.69, 9.17) is 23.2 Å². The van der Waals surface area contributed by atoms with Crippen molar-refractivity contribution in [3.63, 3.8) is 0 Å². The van der Waals surface area contributed by atoms with Crippen molar-refractivity contribution in [3.05, 3.63) is 33.6 Å². The van der Waals surface area contributed by atoms with Gasteiger partial charge in [0.15, 0.2) is 5.82 Å². The number of benzene rings is 1. The highest BCUT2D eigenvalue weighted by atomic mass is 35.5. The van der Waals surface area contributed by atoms with Crippen LogP contribution in [0.1, 0.15) is 30.7 Å². The largest absolute Gasteiger partial charge is 0.299 e. The lowest BCUT2D eigenvalue weighted by molar-refractivity contribution is -0.118. The Bertz CT molecular complexity index is 394. The van der Waals surface area contributed by atoms with Crippen molar-refractivity contribution in [1.29, 1.82) is 0 Å². The number of hydrogen-bond acceptors (Lipinski definition) is 1. The van der Waals surface area contributed by atoms with Gasteiger partial charge in [-0.2, -0.15) is 0 Å². The van der Waals surface area contributed by atoms with E-state index in [0.717, 1.165) is 18.4 Å². The summed E-state index contributed by atoms with van der Waals surface area (Å²) in [5, 5.41) is -0.0330. The van der Waals surface area contributed by atoms with Gasteiger partial charge in [0.25, 0.3) is 0 Å². The maximum absolute atomic E-state index is 13.1. The number of ketones is 1. The van der Waals surface area contributed by atoms with Crippen LogP contribution >= 0.6 is 23.2 Å². The average molecular weight is 247 g/mol. The van der Waals surface area contributed by atoms with Crippen molar-refractivity contribution in [2.75, 3.05) is 0 Å². The first-order valence-electron chi connectivity index (χ1n) is 4.76. The van der Waals surface area contributed by atoms with E-state index in [2.05, 4.69) is 0 Å². The molecule has 0 heterocycles. The summed E-state index contributed by atoms with van der Waals surface area (Å²) in [4.78, 5) is 11.5. The first kappa shape index (κ1) is 10.9. The van der Waals surface area contributed by atoms with Crippen molar-refractivity contribution in [3.8, 4) is 0 Å². The molecule has 1 aromatic carbocycles. The molecule has 1 nitrogen and oxygen atoms in total. The minimum Gasteiger partial charge on any atom is -0.299 e. The van der Waals surface area contributed by atoms with E-state index in [9.17, 15) is 9.18 Å². The lowest BCUT2D eigenvalue weighted by Crippen LogP contribution is -2.04. The summed E-state index contributed by atoms with van der Waals surface area (Å²) >= 11 is 11.3. The molecule has 0 aromatic heterocycles. The number of carbonyl (C=O) groups is 1. The smallest absolute Gasteiger partial charge is 0.160 e. The third kappa shape index (κ3) is 2.01. The van der Waals surface area contributed by atoms with Crippen LogP contribution in [0, 0.1) is 5.82 Å². The summed E-state index contributed by atoms with van der Waals surface area (Å²) in [6, 6.07) is 2.99.